The average molecular weight is 888 g/mol. The summed E-state index contributed by atoms with van der Waals surface area (Å²) >= 11 is 0. The first-order valence-electron chi connectivity index (χ1n) is 23.7. The number of primary amides is 1. The van der Waals surface area contributed by atoms with Crippen molar-refractivity contribution in [3.8, 4) is 0 Å². The Morgan fingerprint density at radius 3 is 1.95 bits per heavy atom. The SMILES string of the molecule is CC.CC.CCCCC(NC(=O)C1CCCN1C(=O)C(NC(=O)NC(CN1CCC(C)(C)CC1)C(C)(C)C)C1(C)CCCCC1)C(C)=O.COC(=O)NCc1ccccc1.NC=O. The van der Waals surface area contributed by atoms with E-state index in [1.165, 1.54) is 14.0 Å². The number of likely N-dealkylation sites (tertiary alicyclic amines) is 2. The van der Waals surface area contributed by atoms with Gasteiger partial charge in [0.1, 0.15) is 12.1 Å². The highest BCUT2D eigenvalue weighted by Crippen LogP contribution is 2.40. The topological polar surface area (TPSA) is 192 Å². The first-order chi connectivity index (χ1) is 29.8. The summed E-state index contributed by atoms with van der Waals surface area (Å²) in [4.78, 5) is 77.2. The van der Waals surface area contributed by atoms with Gasteiger partial charge in [-0.15, -0.1) is 0 Å². The maximum Gasteiger partial charge on any atom is 0.407 e. The number of hydrogen-bond donors (Lipinski definition) is 5. The molecule has 4 rings (SSSR count). The lowest BCUT2D eigenvalue weighted by Crippen LogP contribution is -2.63. The Balaban J connectivity index is 0.00000169. The number of piperidine rings is 1. The molecule has 14 heteroatoms. The van der Waals surface area contributed by atoms with Crippen molar-refractivity contribution in [2.24, 2.45) is 22.0 Å². The molecule has 2 saturated heterocycles. The Morgan fingerprint density at radius 1 is 0.873 bits per heavy atom. The second kappa shape index (κ2) is 30.8. The number of Topliss-reactive ketones (excluding diaryl/α,β-unsaturated/α-hetero) is 1. The molecule has 1 saturated carbocycles. The number of nitrogens with one attached hydrogen (secondary N) is 4. The largest absolute Gasteiger partial charge is 0.453 e. The van der Waals surface area contributed by atoms with E-state index in [9.17, 15) is 24.0 Å². The third kappa shape index (κ3) is 21.8. The molecule has 3 aliphatic rings. The van der Waals surface area contributed by atoms with E-state index in [2.05, 4.69) is 85.1 Å². The van der Waals surface area contributed by atoms with Crippen LogP contribution in [0.5, 0.6) is 0 Å². The minimum absolute atomic E-state index is 0.0599. The molecule has 6 N–H and O–H groups in total. The van der Waals surface area contributed by atoms with E-state index >= 15 is 0 Å². The number of carbonyl (C=O) groups excluding carboxylic acids is 6. The van der Waals surface area contributed by atoms with Crippen molar-refractivity contribution < 1.29 is 33.5 Å². The molecular formula is C49H89N7O7. The molecule has 1 aromatic rings. The van der Waals surface area contributed by atoms with Crippen molar-refractivity contribution in [3.05, 3.63) is 35.9 Å². The van der Waals surface area contributed by atoms with Crippen molar-refractivity contribution in [3.63, 3.8) is 0 Å². The summed E-state index contributed by atoms with van der Waals surface area (Å²) < 4.78 is 4.42. The molecule has 63 heavy (non-hydrogen) atoms. The molecule has 4 unspecified atom stereocenters. The van der Waals surface area contributed by atoms with Gasteiger partial charge >= 0.3 is 12.1 Å². The fourth-order valence-electron chi connectivity index (χ4n) is 8.01. The molecule has 6 amide bonds. The van der Waals surface area contributed by atoms with E-state index in [1.54, 1.807) is 4.90 Å². The van der Waals surface area contributed by atoms with E-state index in [-0.39, 0.29) is 41.5 Å². The van der Waals surface area contributed by atoms with Crippen LogP contribution in [0.2, 0.25) is 0 Å². The molecule has 4 atom stereocenters. The second-order valence-corrected chi connectivity index (χ2v) is 18.6. The van der Waals surface area contributed by atoms with Crippen LogP contribution in [-0.4, -0.2) is 103 Å². The number of urea groups is 1. The van der Waals surface area contributed by atoms with Crippen molar-refractivity contribution >= 4 is 36.1 Å². The van der Waals surface area contributed by atoms with Crippen LogP contribution in [0.1, 0.15) is 166 Å². The number of alkyl carbamates (subject to hydrolysis) is 1. The number of rotatable bonds is 14. The van der Waals surface area contributed by atoms with Gasteiger partial charge in [-0.05, 0) is 86.8 Å². The Bertz CT molecular complexity index is 1470. The smallest absolute Gasteiger partial charge is 0.407 e. The highest BCUT2D eigenvalue weighted by Gasteiger charge is 2.46. The van der Waals surface area contributed by atoms with Crippen molar-refractivity contribution in [2.45, 2.75) is 191 Å². The van der Waals surface area contributed by atoms with E-state index in [4.69, 9.17) is 4.79 Å². The van der Waals surface area contributed by atoms with Gasteiger partial charge in [-0.3, -0.25) is 19.2 Å². The Hall–Kier alpha value is -4.20. The number of ether oxygens (including phenoxy) is 1. The lowest BCUT2D eigenvalue weighted by molar-refractivity contribution is -0.143. The van der Waals surface area contributed by atoms with Gasteiger partial charge in [-0.1, -0.05) is 139 Å². The number of nitrogens with two attached hydrogens (primary N) is 1. The molecule has 362 valence electrons. The van der Waals surface area contributed by atoms with Crippen LogP contribution in [0.4, 0.5) is 9.59 Å². The van der Waals surface area contributed by atoms with Crippen LogP contribution in [0.15, 0.2) is 30.3 Å². The van der Waals surface area contributed by atoms with Crippen molar-refractivity contribution in [1.82, 2.24) is 31.1 Å². The number of methoxy groups -OCH3 is 1. The van der Waals surface area contributed by atoms with E-state index in [0.717, 1.165) is 89.4 Å². The van der Waals surface area contributed by atoms with Gasteiger partial charge in [-0.2, -0.15) is 0 Å². The van der Waals surface area contributed by atoms with Gasteiger partial charge in [0.15, 0.2) is 5.78 Å². The summed E-state index contributed by atoms with van der Waals surface area (Å²) in [6.45, 7) is 28.6. The van der Waals surface area contributed by atoms with Crippen LogP contribution in [0.3, 0.4) is 0 Å². The number of amides is 6. The maximum absolute atomic E-state index is 14.4. The molecule has 3 fully saturated rings. The van der Waals surface area contributed by atoms with Crippen molar-refractivity contribution in [1.29, 1.82) is 0 Å². The summed E-state index contributed by atoms with van der Waals surface area (Å²) in [6, 6.07) is 7.37. The molecule has 0 aromatic heterocycles. The molecule has 0 bridgehead atoms. The normalized spacial score (nSPS) is 19.0. The number of unbranched alkanes of at least 4 members (excludes halogenated alkanes) is 1. The summed E-state index contributed by atoms with van der Waals surface area (Å²) in [5.74, 6) is -0.502. The van der Waals surface area contributed by atoms with Gasteiger partial charge < -0.3 is 41.5 Å². The first-order valence-corrected chi connectivity index (χ1v) is 23.7. The van der Waals surface area contributed by atoms with Gasteiger partial charge in [0, 0.05) is 25.7 Å². The number of ketones is 1. The molecule has 2 aliphatic heterocycles. The number of benzene rings is 1. The quantitative estimate of drug-likeness (QED) is 0.116. The number of nitrogens with zero attached hydrogens (tertiary/aromatic N) is 2. The summed E-state index contributed by atoms with van der Waals surface area (Å²) in [5.41, 5.74) is 5.02. The third-order valence-corrected chi connectivity index (χ3v) is 12.2. The van der Waals surface area contributed by atoms with Crippen LogP contribution >= 0.6 is 0 Å². The first kappa shape index (κ1) is 58.8. The monoisotopic (exact) mass is 888 g/mol. The predicted octanol–water partition coefficient (Wildman–Crippen LogP) is 8.11. The lowest BCUT2D eigenvalue weighted by atomic mass is 9.70. The molecule has 0 radical (unpaired) electrons. The van der Waals surface area contributed by atoms with Crippen LogP contribution in [-0.2, 0) is 30.5 Å². The van der Waals surface area contributed by atoms with Crippen LogP contribution in [0.25, 0.3) is 0 Å². The highest BCUT2D eigenvalue weighted by molar-refractivity contribution is 5.95. The molecule has 1 aromatic carbocycles. The summed E-state index contributed by atoms with van der Waals surface area (Å²) in [6.07, 6.45) is 10.7. The van der Waals surface area contributed by atoms with Gasteiger partial charge in [-0.25, -0.2) is 9.59 Å². The molecule has 2 heterocycles. The Morgan fingerprint density at radius 2 is 1.44 bits per heavy atom. The summed E-state index contributed by atoms with van der Waals surface area (Å²) in [5, 5.41) is 12.0. The lowest BCUT2D eigenvalue weighted by Gasteiger charge is -2.43. The number of hydrogen-bond acceptors (Lipinski definition) is 8. The van der Waals surface area contributed by atoms with Crippen LogP contribution in [0, 0.1) is 16.2 Å². The van der Waals surface area contributed by atoms with Gasteiger partial charge in [0.2, 0.25) is 18.2 Å². The van der Waals surface area contributed by atoms with Crippen molar-refractivity contribution in [2.75, 3.05) is 33.3 Å². The Kier molecular flexibility index (Phi) is 28.8. The standard InChI is InChI=1S/C35H63N5O4.C9H11NO2.2C2H6.CH3NO/c1-9-10-15-26(25(2)41)36-30(42)27-16-14-21-40(27)31(43)29(35(8)17-12-11-13-18-35)38-32(44)37-28(33(3,4)5)24-39-22-19-34(6,7)20-23-39;1-12-9(11)10-7-8-5-3-2-4-6-8;2*1-2;2-1-3/h26-29H,9-24H2,1-8H3,(H,36,42)(H2,37,38,44);2-6H,7H2,1H3,(H,10,11);2*1-2H3;1H,(H2,2,3). The fraction of sp³-hybridized carbons (Fsp3) is 0.755. The van der Waals surface area contributed by atoms with E-state index in [1.807, 2.05) is 58.0 Å². The minimum atomic E-state index is -0.726. The van der Waals surface area contributed by atoms with E-state index < -0.39 is 29.6 Å². The molecule has 1 aliphatic carbocycles. The maximum atomic E-state index is 14.4. The zero-order valence-electron chi connectivity index (χ0n) is 41.6. The average Bonchev–Trinajstić information content (AvgIpc) is 3.76. The zero-order valence-corrected chi connectivity index (χ0v) is 41.6. The molecular weight excluding hydrogens is 799 g/mol. The third-order valence-electron chi connectivity index (χ3n) is 12.2. The fourth-order valence-corrected chi connectivity index (χ4v) is 8.01. The zero-order chi connectivity index (χ0) is 48.2. The number of carbonyl (C=O) groups is 6. The Labute approximate surface area is 381 Å². The predicted molar refractivity (Wildman–Crippen MR) is 255 cm³/mol. The van der Waals surface area contributed by atoms with Crippen LogP contribution < -0.4 is 27.0 Å². The molecule has 14 nitrogen and oxygen atoms in total. The van der Waals surface area contributed by atoms with Gasteiger partial charge in [0.05, 0.1) is 13.2 Å². The van der Waals surface area contributed by atoms with Gasteiger partial charge in [0.25, 0.3) is 0 Å². The summed E-state index contributed by atoms with van der Waals surface area (Å²) in [7, 11) is 1.35. The highest BCUT2D eigenvalue weighted by atomic mass is 16.5. The minimum Gasteiger partial charge on any atom is -0.453 e. The second-order valence-electron chi connectivity index (χ2n) is 18.6. The molecule has 0 spiro atoms. The van der Waals surface area contributed by atoms with E-state index in [0.29, 0.717) is 31.3 Å².